The molecule has 0 spiro atoms. The Hall–Kier alpha value is 1.92. The number of nitrogens with zero attached hydrogens (tertiary/aromatic N) is 2. The SMILES string of the molecule is CCCC[N+](=C1C=CC(C2C(=O)C(c3ccc(N(CCCSOOO)C(c4cc[c-]s4)c4cc[c-]s4)s3)=C2[O-])S1)C(c1cc[c-]s1)c1cc[c-]s1.[Y].[Y].[Y].[Y]. The summed E-state index contributed by atoms with van der Waals surface area (Å²) >= 11 is 10.5. The number of thiophene rings is 5. The van der Waals surface area contributed by atoms with Crippen molar-refractivity contribution in [2.24, 2.45) is 5.92 Å². The molecule has 2 unspecified atom stereocenters. The molecule has 4 radical (unpaired) electrons. The minimum atomic E-state index is -0.696. The van der Waals surface area contributed by atoms with E-state index in [4.69, 9.17) is 5.26 Å². The number of hydrogen-bond acceptors (Lipinski definition) is 13. The van der Waals surface area contributed by atoms with E-state index in [0.29, 0.717) is 22.7 Å². The number of carbonyl (C=O) groups excluding carboxylic acids is 1. The second-order valence-electron chi connectivity index (χ2n) is 11.7. The minimum Gasteiger partial charge on any atom is -0.874 e. The van der Waals surface area contributed by atoms with Crippen molar-refractivity contribution in [2.45, 2.75) is 43.5 Å². The van der Waals surface area contributed by atoms with E-state index in [1.165, 1.54) is 21.1 Å². The van der Waals surface area contributed by atoms with Gasteiger partial charge in [0.1, 0.15) is 12.6 Å². The van der Waals surface area contributed by atoms with Gasteiger partial charge in [-0.05, 0) is 36.4 Å². The first-order valence-corrected chi connectivity index (χ1v) is 22.2. The van der Waals surface area contributed by atoms with Gasteiger partial charge in [-0.3, -0.25) is 50.1 Å². The third kappa shape index (κ3) is 12.3. The third-order valence-electron chi connectivity index (χ3n) is 8.60. The van der Waals surface area contributed by atoms with Crippen molar-refractivity contribution in [3.63, 3.8) is 0 Å². The molecular formula is C37H32N2O5S7Y4-4. The number of Topliss-reactive ketones (excluding diaryl/α,β-unsaturated/α-hetero) is 1. The van der Waals surface area contributed by atoms with Crippen LogP contribution in [0.5, 0.6) is 0 Å². The van der Waals surface area contributed by atoms with E-state index in [-0.39, 0.29) is 160 Å². The summed E-state index contributed by atoms with van der Waals surface area (Å²) in [5.74, 6) is -0.282. The molecule has 1 aliphatic heterocycles. The molecule has 0 bridgehead atoms. The molecule has 0 saturated heterocycles. The van der Waals surface area contributed by atoms with Crippen molar-refractivity contribution < 1.29 is 160 Å². The maximum absolute atomic E-state index is 13.9. The van der Waals surface area contributed by atoms with Crippen LogP contribution in [0.3, 0.4) is 0 Å². The van der Waals surface area contributed by atoms with Crippen LogP contribution in [0.1, 0.15) is 62.7 Å². The first-order valence-electron chi connectivity index (χ1n) is 16.3. The predicted molar refractivity (Wildman–Crippen MR) is 211 cm³/mol. The monoisotopic (exact) mass is 1160 g/mol. The Kier molecular flexibility index (Phi) is 24.0. The van der Waals surface area contributed by atoms with Gasteiger partial charge >= 0.3 is 0 Å². The molecule has 0 fully saturated rings. The fraction of sp³-hybridized carbons (Fsp3) is 0.297. The van der Waals surface area contributed by atoms with Gasteiger partial charge in [-0.25, -0.2) is 9.83 Å². The minimum absolute atomic E-state index is 0. The van der Waals surface area contributed by atoms with Gasteiger partial charge in [-0.2, -0.15) is 48.5 Å². The summed E-state index contributed by atoms with van der Waals surface area (Å²) in [7, 11) is 0. The number of ketones is 1. The number of anilines is 1. The third-order valence-corrected chi connectivity index (χ3v) is 15.1. The summed E-state index contributed by atoms with van der Waals surface area (Å²) in [6.45, 7) is 3.72. The molecule has 0 amide bonds. The second-order valence-corrected chi connectivity index (χ2v) is 18.4. The molecular weight excluding hydrogens is 1130 g/mol. The van der Waals surface area contributed by atoms with E-state index in [1.54, 1.807) is 57.1 Å². The fourth-order valence-electron chi connectivity index (χ4n) is 6.27. The van der Waals surface area contributed by atoms with Gasteiger partial charge in [0.05, 0.1) is 10.9 Å². The molecule has 55 heavy (non-hydrogen) atoms. The largest absolute Gasteiger partial charge is 0.874 e. The van der Waals surface area contributed by atoms with Crippen LogP contribution in [0, 0.1) is 27.4 Å². The maximum atomic E-state index is 13.9. The van der Waals surface area contributed by atoms with Gasteiger partial charge in [-0.1, -0.05) is 34.2 Å². The Labute approximate surface area is 451 Å². The summed E-state index contributed by atoms with van der Waals surface area (Å²) in [4.78, 5) is 21.6. The Morgan fingerprint density at radius 3 is 2.02 bits per heavy atom. The van der Waals surface area contributed by atoms with Crippen LogP contribution >= 0.6 is 80.5 Å². The van der Waals surface area contributed by atoms with Crippen molar-refractivity contribution in [2.75, 3.05) is 23.7 Å². The van der Waals surface area contributed by atoms with Crippen LogP contribution in [-0.2, 0) is 145 Å². The summed E-state index contributed by atoms with van der Waals surface area (Å²) in [5.41, 5.74) is 0.303. The molecule has 18 heteroatoms. The number of thioether (sulfide) groups is 1. The van der Waals surface area contributed by atoms with Gasteiger partial charge < -0.3 is 10.0 Å². The molecule has 278 valence electrons. The molecule has 5 aromatic rings. The van der Waals surface area contributed by atoms with Crippen LogP contribution in [0.2, 0.25) is 0 Å². The first-order chi connectivity index (χ1) is 25.1. The molecule has 0 saturated carbocycles. The van der Waals surface area contributed by atoms with Crippen LogP contribution in [0.15, 0.2) is 78.6 Å². The standard InChI is InChI=1S/C37H33N2O5S7.4Y/c1-2-3-17-38(34(26-9-4-19-45-26)27-10-5-20-46-27)30-15-13-24(50-30)32-36(40)33(37(32)41)25-14-16-31(51-25)39(18-8-23-49-44-43-42)35(28-11-6-21-47-28)29-12-7-22-48-29;;;;/h4-7,9-16,24,32,34-35,40,42H,2-3,8,17-18,23H2,1H3;;;;/q-3;;;;/p-1. The first kappa shape index (κ1) is 51.3. The molecule has 7 nitrogen and oxygen atoms in total. The second kappa shape index (κ2) is 25.8. The van der Waals surface area contributed by atoms with Crippen LogP contribution in [-0.4, -0.2) is 44.8 Å². The Bertz CT molecular complexity index is 1900. The number of allylic oxidation sites excluding steroid dienone is 2. The van der Waals surface area contributed by atoms with Gasteiger partial charge in [0.15, 0.2) is 5.78 Å². The van der Waals surface area contributed by atoms with E-state index in [1.807, 2.05) is 42.5 Å². The zero-order chi connectivity index (χ0) is 35.2. The summed E-state index contributed by atoms with van der Waals surface area (Å²) in [5, 5.41) is 40.9. The molecule has 2 atom stereocenters. The van der Waals surface area contributed by atoms with E-state index in [0.717, 1.165) is 57.6 Å². The quantitative estimate of drug-likeness (QED) is 0.0233. The topological polar surface area (TPSA) is 85.1 Å². The number of carbonyl (C=O) groups is 1. The number of unbranched alkanes of at least 4 members (excludes halogenated alkanes) is 1. The van der Waals surface area contributed by atoms with Crippen LogP contribution in [0.25, 0.3) is 5.57 Å². The summed E-state index contributed by atoms with van der Waals surface area (Å²) in [6, 6.07) is 20.1. The number of hydrogen-bond donors (Lipinski definition) is 1. The predicted octanol–water partition coefficient (Wildman–Crippen LogP) is 9.18. The molecule has 7 rings (SSSR count). The Morgan fingerprint density at radius 2 is 1.49 bits per heavy atom. The smallest absolute Gasteiger partial charge is 0.234 e. The van der Waals surface area contributed by atoms with Crippen molar-refractivity contribution in [1.82, 2.24) is 0 Å². The van der Waals surface area contributed by atoms with Crippen molar-refractivity contribution in [3.8, 4) is 0 Å². The molecule has 0 aromatic carbocycles. The van der Waals surface area contributed by atoms with Crippen LogP contribution in [0.4, 0.5) is 5.00 Å². The molecule has 6 heterocycles. The molecule has 2 aliphatic rings. The Balaban J connectivity index is 0.00000203. The fourth-order valence-corrected chi connectivity index (χ4v) is 12.3. The zero-order valence-electron chi connectivity index (χ0n) is 29.6. The maximum Gasteiger partial charge on any atom is 0.234 e. The van der Waals surface area contributed by atoms with Crippen molar-refractivity contribution in [3.05, 3.63) is 124 Å². The van der Waals surface area contributed by atoms with E-state index in [2.05, 4.69) is 77.6 Å². The Morgan fingerprint density at radius 1 is 0.891 bits per heavy atom. The normalized spacial score (nSPS) is 17.1. The average Bonchev–Trinajstić information content (AvgIpc) is 3.99. The van der Waals surface area contributed by atoms with E-state index >= 15 is 0 Å². The van der Waals surface area contributed by atoms with Crippen molar-refractivity contribution in [1.29, 1.82) is 0 Å². The van der Waals surface area contributed by atoms with E-state index in [9.17, 15) is 9.90 Å². The van der Waals surface area contributed by atoms with Gasteiger partial charge in [-0.15, -0.1) is 52.7 Å². The van der Waals surface area contributed by atoms with Gasteiger partial charge in [0, 0.05) is 183 Å². The summed E-state index contributed by atoms with van der Waals surface area (Å²) < 4.78 is 7.03. The van der Waals surface area contributed by atoms with E-state index < -0.39 is 5.92 Å². The van der Waals surface area contributed by atoms with Gasteiger partial charge in [0.25, 0.3) is 0 Å². The average molecular weight is 1160 g/mol. The van der Waals surface area contributed by atoms with Crippen molar-refractivity contribution >= 4 is 102 Å². The molecule has 1 aliphatic carbocycles. The molecule has 1 N–H and O–H groups in total. The summed E-state index contributed by atoms with van der Waals surface area (Å²) in [6.07, 6.45) is 6.96. The molecule has 5 aromatic heterocycles. The van der Waals surface area contributed by atoms with Crippen LogP contribution < -0.4 is 10.0 Å². The van der Waals surface area contributed by atoms with Gasteiger partial charge in [0.2, 0.25) is 5.04 Å². The number of rotatable bonds is 18. The zero-order valence-corrected chi connectivity index (χ0v) is 46.7.